The van der Waals surface area contributed by atoms with Crippen LogP contribution in [0.2, 0.25) is 10.3 Å². The van der Waals surface area contributed by atoms with Crippen molar-refractivity contribution in [2.24, 2.45) is 0 Å². The molecule has 0 unspecified atom stereocenters. The molecule has 1 aromatic rings. The monoisotopic (exact) mass is 284 g/mol. The molecule has 90 valence electrons. The molecule has 0 atom stereocenters. The standard InChI is InChI=1S/C8H10Cl2N2O3S/c1-5-6(3-4-15-16(2,13)14)8(10)12-11-7(5)9/h3-4H2,1-2H3. The second kappa shape index (κ2) is 5.27. The summed E-state index contributed by atoms with van der Waals surface area (Å²) in [6, 6.07) is 0. The minimum absolute atomic E-state index is 0.00140. The van der Waals surface area contributed by atoms with Gasteiger partial charge in [0.2, 0.25) is 0 Å². The Bertz CT molecular complexity index is 490. The number of nitrogens with zero attached hydrogens (tertiary/aromatic N) is 2. The molecule has 0 bridgehead atoms. The topological polar surface area (TPSA) is 69.2 Å². The summed E-state index contributed by atoms with van der Waals surface area (Å²) >= 11 is 11.6. The van der Waals surface area contributed by atoms with Crippen LogP contribution in [0.25, 0.3) is 0 Å². The predicted octanol–water partition coefficient (Wildman–Crippen LogP) is 1.61. The quantitative estimate of drug-likeness (QED) is 0.786. The minimum Gasteiger partial charge on any atom is -0.270 e. The molecule has 0 saturated carbocycles. The minimum atomic E-state index is -3.44. The molecule has 1 rings (SSSR count). The molecule has 8 heteroatoms. The molecule has 0 amide bonds. The number of aromatic nitrogens is 2. The van der Waals surface area contributed by atoms with Gasteiger partial charge in [0, 0.05) is 6.42 Å². The van der Waals surface area contributed by atoms with Crippen LogP contribution in [0.1, 0.15) is 11.1 Å². The molecule has 1 aromatic heterocycles. The van der Waals surface area contributed by atoms with E-state index in [0.29, 0.717) is 17.5 Å². The predicted molar refractivity (Wildman–Crippen MR) is 61.3 cm³/mol. The fourth-order valence-electron chi connectivity index (χ4n) is 1.09. The van der Waals surface area contributed by atoms with Gasteiger partial charge in [0.15, 0.2) is 10.3 Å². The molecule has 0 aliphatic heterocycles. The second-order valence-corrected chi connectivity index (χ2v) is 5.52. The summed E-state index contributed by atoms with van der Waals surface area (Å²) in [5, 5.41) is 7.71. The summed E-state index contributed by atoms with van der Waals surface area (Å²) in [6.45, 7) is 1.74. The highest BCUT2D eigenvalue weighted by atomic mass is 35.5. The number of hydrogen-bond donors (Lipinski definition) is 0. The van der Waals surface area contributed by atoms with Crippen LogP contribution in [0, 0.1) is 6.92 Å². The third-order valence-corrected chi connectivity index (χ3v) is 3.14. The van der Waals surface area contributed by atoms with E-state index in [1.54, 1.807) is 6.92 Å². The van der Waals surface area contributed by atoms with Crippen LogP contribution < -0.4 is 0 Å². The smallest absolute Gasteiger partial charge is 0.264 e. The van der Waals surface area contributed by atoms with Gasteiger partial charge in [-0.3, -0.25) is 4.18 Å². The lowest BCUT2D eigenvalue weighted by atomic mass is 10.1. The van der Waals surface area contributed by atoms with Crippen molar-refractivity contribution in [2.45, 2.75) is 13.3 Å². The lowest BCUT2D eigenvalue weighted by molar-refractivity contribution is 0.325. The van der Waals surface area contributed by atoms with Gasteiger partial charge < -0.3 is 0 Å². The van der Waals surface area contributed by atoms with E-state index < -0.39 is 10.1 Å². The molecule has 1 heterocycles. The van der Waals surface area contributed by atoms with Gasteiger partial charge in [-0.2, -0.15) is 8.42 Å². The summed E-state index contributed by atoms with van der Waals surface area (Å²) < 4.78 is 26.1. The molecule has 0 aliphatic rings. The normalized spacial score (nSPS) is 11.8. The Hall–Kier alpha value is -0.430. The first-order valence-corrected chi connectivity index (χ1v) is 6.90. The van der Waals surface area contributed by atoms with Crippen molar-refractivity contribution in [3.05, 3.63) is 21.4 Å². The highest BCUT2D eigenvalue weighted by Crippen LogP contribution is 2.22. The van der Waals surface area contributed by atoms with Crippen LogP contribution >= 0.6 is 23.2 Å². The van der Waals surface area contributed by atoms with Gasteiger partial charge in [-0.25, -0.2) is 0 Å². The zero-order valence-corrected chi connectivity index (χ0v) is 11.0. The van der Waals surface area contributed by atoms with Crippen LogP contribution in [0.4, 0.5) is 0 Å². The molecule has 0 spiro atoms. The first-order chi connectivity index (χ1) is 7.31. The van der Waals surface area contributed by atoms with Crippen molar-refractivity contribution in [1.29, 1.82) is 0 Å². The van der Waals surface area contributed by atoms with E-state index in [9.17, 15) is 8.42 Å². The average molecular weight is 285 g/mol. The number of hydrogen-bond acceptors (Lipinski definition) is 5. The van der Waals surface area contributed by atoms with Gasteiger partial charge in [0.25, 0.3) is 10.1 Å². The van der Waals surface area contributed by atoms with E-state index in [1.807, 2.05) is 0 Å². The SMILES string of the molecule is Cc1c(Cl)nnc(Cl)c1CCOS(C)(=O)=O. The van der Waals surface area contributed by atoms with Crippen molar-refractivity contribution < 1.29 is 12.6 Å². The highest BCUT2D eigenvalue weighted by Gasteiger charge is 2.11. The van der Waals surface area contributed by atoms with Crippen LogP contribution in [0.5, 0.6) is 0 Å². The van der Waals surface area contributed by atoms with Crippen LogP contribution in [0.3, 0.4) is 0 Å². The van der Waals surface area contributed by atoms with Crippen molar-refractivity contribution >= 4 is 33.3 Å². The third-order valence-electron chi connectivity index (χ3n) is 1.89. The van der Waals surface area contributed by atoms with Crippen LogP contribution in [0.15, 0.2) is 0 Å². The van der Waals surface area contributed by atoms with Crippen LogP contribution in [-0.4, -0.2) is 31.5 Å². The lowest BCUT2D eigenvalue weighted by Gasteiger charge is -2.07. The summed E-state index contributed by atoms with van der Waals surface area (Å²) in [5.41, 5.74) is 1.32. The van der Waals surface area contributed by atoms with E-state index in [1.165, 1.54) is 0 Å². The van der Waals surface area contributed by atoms with E-state index in [0.717, 1.165) is 6.26 Å². The maximum Gasteiger partial charge on any atom is 0.264 e. The van der Waals surface area contributed by atoms with E-state index in [-0.39, 0.29) is 16.9 Å². The maximum atomic E-state index is 10.7. The van der Waals surface area contributed by atoms with Crippen molar-refractivity contribution in [1.82, 2.24) is 10.2 Å². The second-order valence-electron chi connectivity index (χ2n) is 3.16. The Morgan fingerprint density at radius 1 is 1.25 bits per heavy atom. The Morgan fingerprint density at radius 3 is 2.38 bits per heavy atom. The molecule has 0 saturated heterocycles. The van der Waals surface area contributed by atoms with Crippen molar-refractivity contribution in [3.63, 3.8) is 0 Å². The van der Waals surface area contributed by atoms with E-state index >= 15 is 0 Å². The zero-order valence-electron chi connectivity index (χ0n) is 8.70. The molecule has 0 aliphatic carbocycles. The summed E-state index contributed by atoms with van der Waals surface area (Å²) in [4.78, 5) is 0. The fourth-order valence-corrected chi connectivity index (χ4v) is 1.90. The highest BCUT2D eigenvalue weighted by molar-refractivity contribution is 7.85. The van der Waals surface area contributed by atoms with Gasteiger partial charge in [-0.15, -0.1) is 10.2 Å². The number of halogens is 2. The fraction of sp³-hybridized carbons (Fsp3) is 0.500. The lowest BCUT2D eigenvalue weighted by Crippen LogP contribution is -2.08. The van der Waals surface area contributed by atoms with Gasteiger partial charge in [0.1, 0.15) is 0 Å². The average Bonchev–Trinajstić information content (AvgIpc) is 2.16. The first kappa shape index (κ1) is 13.6. The van der Waals surface area contributed by atoms with E-state index in [4.69, 9.17) is 23.2 Å². The molecule has 16 heavy (non-hydrogen) atoms. The zero-order chi connectivity index (χ0) is 12.3. The Morgan fingerprint density at radius 2 is 1.81 bits per heavy atom. The molecule has 0 aromatic carbocycles. The molecule has 0 N–H and O–H groups in total. The Balaban J connectivity index is 2.78. The summed E-state index contributed by atoms with van der Waals surface area (Å²) in [6.07, 6.45) is 1.30. The summed E-state index contributed by atoms with van der Waals surface area (Å²) in [7, 11) is -3.44. The van der Waals surface area contributed by atoms with Gasteiger partial charge in [-0.1, -0.05) is 23.2 Å². The Kier molecular flexibility index (Phi) is 4.49. The van der Waals surface area contributed by atoms with Gasteiger partial charge >= 0.3 is 0 Å². The number of rotatable bonds is 4. The van der Waals surface area contributed by atoms with Gasteiger partial charge in [-0.05, 0) is 18.1 Å². The van der Waals surface area contributed by atoms with E-state index in [2.05, 4.69) is 14.4 Å². The Labute approximate surface area is 104 Å². The van der Waals surface area contributed by atoms with Crippen molar-refractivity contribution in [3.8, 4) is 0 Å². The third kappa shape index (κ3) is 3.86. The molecule has 5 nitrogen and oxygen atoms in total. The first-order valence-electron chi connectivity index (χ1n) is 4.33. The molecular formula is C8H10Cl2N2O3S. The molecular weight excluding hydrogens is 275 g/mol. The summed E-state index contributed by atoms with van der Waals surface area (Å²) in [5.74, 6) is 0. The van der Waals surface area contributed by atoms with Crippen LogP contribution in [-0.2, 0) is 20.7 Å². The van der Waals surface area contributed by atoms with Crippen molar-refractivity contribution in [2.75, 3.05) is 12.9 Å². The molecule has 0 radical (unpaired) electrons. The van der Waals surface area contributed by atoms with Gasteiger partial charge in [0.05, 0.1) is 12.9 Å². The largest absolute Gasteiger partial charge is 0.270 e. The maximum absolute atomic E-state index is 10.7. The molecule has 0 fully saturated rings.